The van der Waals surface area contributed by atoms with Gasteiger partial charge in [-0.15, -0.1) is 0 Å². The molecule has 0 fully saturated rings. The quantitative estimate of drug-likeness (QED) is 0.143. The molecule has 9 heteroatoms. The number of carboxylic acid groups (broad SMARTS) is 1. The number of hydrogen-bond donors (Lipinski definition) is 3. The molecular formula is C34H25Cl3N2O4. The molecular weight excluding hydrogens is 607 g/mol. The van der Waals surface area contributed by atoms with Crippen LogP contribution in [0.5, 0.6) is 11.5 Å². The molecule has 0 saturated carbocycles. The van der Waals surface area contributed by atoms with E-state index in [1.807, 2.05) is 66.7 Å². The van der Waals surface area contributed by atoms with E-state index in [1.165, 1.54) is 6.07 Å². The molecule has 5 aromatic rings. The summed E-state index contributed by atoms with van der Waals surface area (Å²) in [6.45, 7) is 0. The summed E-state index contributed by atoms with van der Waals surface area (Å²) in [4.78, 5) is 25.3. The first kappa shape index (κ1) is 30.0. The molecule has 0 heterocycles. The average molecular weight is 632 g/mol. The monoisotopic (exact) mass is 630 g/mol. The lowest BCUT2D eigenvalue weighted by molar-refractivity contribution is -0.137. The van der Waals surface area contributed by atoms with Crippen molar-refractivity contribution < 1.29 is 19.4 Å². The number of carbonyl (C=O) groups excluding carboxylic acids is 1. The van der Waals surface area contributed by atoms with Crippen molar-refractivity contribution in [2.45, 2.75) is 12.5 Å². The van der Waals surface area contributed by atoms with E-state index in [-0.39, 0.29) is 12.0 Å². The largest absolute Gasteiger partial charge is 0.481 e. The summed E-state index contributed by atoms with van der Waals surface area (Å²) in [5.74, 6) is -0.164. The van der Waals surface area contributed by atoms with Crippen molar-refractivity contribution in [3.63, 3.8) is 0 Å². The number of anilines is 2. The minimum atomic E-state index is -1.06. The first-order valence-corrected chi connectivity index (χ1v) is 14.4. The Labute approximate surface area is 263 Å². The highest BCUT2D eigenvalue weighted by Gasteiger charge is 2.22. The second-order valence-corrected chi connectivity index (χ2v) is 10.9. The molecule has 1 atom stereocenters. The number of hydrogen-bond acceptors (Lipinski definition) is 4. The molecule has 0 aromatic heterocycles. The smallest absolute Gasteiger partial charge is 0.305 e. The molecule has 43 heavy (non-hydrogen) atoms. The summed E-state index contributed by atoms with van der Waals surface area (Å²) in [6.07, 6.45) is -0.324. The van der Waals surface area contributed by atoms with Gasteiger partial charge in [-0.25, -0.2) is 0 Å². The molecule has 5 aromatic carbocycles. The number of carboxylic acids is 1. The third-order valence-corrected chi connectivity index (χ3v) is 7.57. The summed E-state index contributed by atoms with van der Waals surface area (Å²) in [5, 5.41) is 16.8. The molecule has 0 bridgehead atoms. The lowest BCUT2D eigenvalue weighted by Gasteiger charge is -2.20. The van der Waals surface area contributed by atoms with Crippen molar-refractivity contribution in [2.24, 2.45) is 0 Å². The molecule has 0 radical (unpaired) electrons. The van der Waals surface area contributed by atoms with Gasteiger partial charge in [-0.3, -0.25) is 9.59 Å². The summed E-state index contributed by atoms with van der Waals surface area (Å²) >= 11 is 18.4. The van der Waals surface area contributed by atoms with E-state index in [9.17, 15) is 14.7 Å². The first-order valence-electron chi connectivity index (χ1n) is 13.2. The highest BCUT2D eigenvalue weighted by Crippen LogP contribution is 2.34. The van der Waals surface area contributed by atoms with Crippen LogP contribution < -0.4 is 15.4 Å². The highest BCUT2D eigenvalue weighted by molar-refractivity contribution is 6.42. The molecule has 0 aliphatic carbocycles. The van der Waals surface area contributed by atoms with Crippen molar-refractivity contribution in [1.29, 1.82) is 0 Å². The Kier molecular flexibility index (Phi) is 9.52. The average Bonchev–Trinajstić information content (AvgIpc) is 3.00. The number of rotatable bonds is 10. The van der Waals surface area contributed by atoms with Gasteiger partial charge in [0.2, 0.25) is 0 Å². The van der Waals surface area contributed by atoms with Crippen LogP contribution in [0.2, 0.25) is 15.1 Å². The number of carbonyl (C=O) groups is 2. The number of nitrogens with one attached hydrogen (secondary N) is 2. The molecule has 1 unspecified atom stereocenters. The molecule has 5 rings (SSSR count). The van der Waals surface area contributed by atoms with E-state index in [0.717, 1.165) is 11.1 Å². The molecule has 6 nitrogen and oxygen atoms in total. The van der Waals surface area contributed by atoms with Crippen LogP contribution >= 0.6 is 34.8 Å². The fourth-order valence-electron chi connectivity index (χ4n) is 4.51. The minimum Gasteiger partial charge on any atom is -0.481 e. The van der Waals surface area contributed by atoms with E-state index in [4.69, 9.17) is 39.5 Å². The van der Waals surface area contributed by atoms with E-state index < -0.39 is 17.9 Å². The van der Waals surface area contributed by atoms with Crippen LogP contribution in [-0.4, -0.2) is 17.0 Å². The number of amides is 1. The van der Waals surface area contributed by atoms with Gasteiger partial charge < -0.3 is 20.5 Å². The summed E-state index contributed by atoms with van der Waals surface area (Å²) in [5.41, 5.74) is 3.67. The SMILES string of the molecule is O=C(O)CC(NC(=O)c1cc(Cl)ccc1Nc1ccc(Cl)c(Cl)c1)c1ccc(-c2ccccc2Oc2ccccc2)cc1. The minimum absolute atomic E-state index is 0.234. The Morgan fingerprint density at radius 1 is 0.767 bits per heavy atom. The van der Waals surface area contributed by atoms with Crippen molar-refractivity contribution in [3.8, 4) is 22.6 Å². The van der Waals surface area contributed by atoms with Gasteiger partial charge in [0.15, 0.2) is 0 Å². The maximum atomic E-state index is 13.5. The molecule has 3 N–H and O–H groups in total. The van der Waals surface area contributed by atoms with Crippen LogP contribution in [0, 0.1) is 0 Å². The topological polar surface area (TPSA) is 87.7 Å². The summed E-state index contributed by atoms with van der Waals surface area (Å²) in [6, 6.07) is 33.5. The Bertz CT molecular complexity index is 1760. The molecule has 0 spiro atoms. The van der Waals surface area contributed by atoms with Gasteiger partial charge in [-0.1, -0.05) is 95.5 Å². The maximum Gasteiger partial charge on any atom is 0.305 e. The van der Waals surface area contributed by atoms with Crippen molar-refractivity contribution in [3.05, 3.63) is 141 Å². The zero-order chi connectivity index (χ0) is 30.3. The van der Waals surface area contributed by atoms with Crippen LogP contribution in [0.25, 0.3) is 11.1 Å². The van der Waals surface area contributed by atoms with Crippen molar-refractivity contribution in [1.82, 2.24) is 5.32 Å². The molecule has 0 saturated heterocycles. The third-order valence-electron chi connectivity index (χ3n) is 6.59. The van der Waals surface area contributed by atoms with Gasteiger partial charge >= 0.3 is 5.97 Å². The van der Waals surface area contributed by atoms with Crippen LogP contribution in [0.4, 0.5) is 11.4 Å². The normalized spacial score (nSPS) is 11.4. The Morgan fingerprint density at radius 3 is 2.21 bits per heavy atom. The van der Waals surface area contributed by atoms with Gasteiger partial charge in [0.1, 0.15) is 11.5 Å². The van der Waals surface area contributed by atoms with Gasteiger partial charge in [0.05, 0.1) is 33.8 Å². The first-order chi connectivity index (χ1) is 20.8. The van der Waals surface area contributed by atoms with E-state index in [2.05, 4.69) is 10.6 Å². The standard InChI is InChI=1S/C34H25Cl3N2O4/c35-23-14-17-30(38-24-15-16-28(36)29(37)19-24)27(18-23)34(42)39-31(20-33(40)41)22-12-10-21(11-13-22)26-8-4-5-9-32(26)43-25-6-2-1-3-7-25/h1-19,31,38H,20H2,(H,39,42)(H,40,41). The van der Waals surface area contributed by atoms with E-state index in [0.29, 0.717) is 43.5 Å². The maximum absolute atomic E-state index is 13.5. The zero-order valence-electron chi connectivity index (χ0n) is 22.6. The van der Waals surface area contributed by atoms with Crippen LogP contribution in [0.3, 0.4) is 0 Å². The van der Waals surface area contributed by atoms with Crippen molar-refractivity contribution >= 4 is 58.1 Å². The molecule has 1 amide bonds. The van der Waals surface area contributed by atoms with Gasteiger partial charge in [-0.05, 0) is 65.7 Å². The zero-order valence-corrected chi connectivity index (χ0v) is 24.8. The number of ether oxygens (including phenoxy) is 1. The Hall–Kier alpha value is -4.49. The predicted octanol–water partition coefficient (Wildman–Crippen LogP) is 9.80. The number of halogens is 3. The number of para-hydroxylation sites is 2. The molecule has 0 aliphatic rings. The van der Waals surface area contributed by atoms with Crippen LogP contribution in [0.1, 0.15) is 28.4 Å². The lowest BCUT2D eigenvalue weighted by Crippen LogP contribution is -2.30. The second-order valence-electron chi connectivity index (χ2n) is 9.60. The Balaban J connectivity index is 1.39. The lowest BCUT2D eigenvalue weighted by atomic mass is 9.98. The highest BCUT2D eigenvalue weighted by atomic mass is 35.5. The van der Waals surface area contributed by atoms with Gasteiger partial charge in [-0.2, -0.15) is 0 Å². The van der Waals surface area contributed by atoms with Crippen LogP contribution in [-0.2, 0) is 4.79 Å². The summed E-state index contributed by atoms with van der Waals surface area (Å²) in [7, 11) is 0. The predicted molar refractivity (Wildman–Crippen MR) is 172 cm³/mol. The number of benzene rings is 5. The van der Waals surface area contributed by atoms with Crippen molar-refractivity contribution in [2.75, 3.05) is 5.32 Å². The fourth-order valence-corrected chi connectivity index (χ4v) is 4.98. The number of aliphatic carboxylic acids is 1. The van der Waals surface area contributed by atoms with E-state index in [1.54, 1.807) is 42.5 Å². The Morgan fingerprint density at radius 2 is 1.49 bits per heavy atom. The van der Waals surface area contributed by atoms with Gasteiger partial charge in [0, 0.05) is 16.3 Å². The third kappa shape index (κ3) is 7.67. The molecule has 216 valence electrons. The summed E-state index contributed by atoms with van der Waals surface area (Å²) < 4.78 is 6.11. The van der Waals surface area contributed by atoms with E-state index >= 15 is 0 Å². The fraction of sp³-hybridized carbons (Fsp3) is 0.0588. The second kappa shape index (κ2) is 13.7. The van der Waals surface area contributed by atoms with Crippen LogP contribution in [0.15, 0.2) is 115 Å². The molecule has 0 aliphatic heterocycles. The van der Waals surface area contributed by atoms with Gasteiger partial charge in [0.25, 0.3) is 5.91 Å².